The SMILES string of the molecule is Cc1cc(N2CCC(OCCBr)CC2)n2ncnc2c1. The topological polar surface area (TPSA) is 42.7 Å². The second-order valence-electron chi connectivity index (χ2n) is 5.17. The molecule has 2 aromatic rings. The molecule has 1 aliphatic rings. The molecule has 3 rings (SSSR count). The van der Waals surface area contributed by atoms with E-state index in [1.165, 1.54) is 5.56 Å². The monoisotopic (exact) mass is 338 g/mol. The maximum absolute atomic E-state index is 5.80. The van der Waals surface area contributed by atoms with E-state index in [1.807, 2.05) is 4.52 Å². The van der Waals surface area contributed by atoms with Gasteiger partial charge in [-0.3, -0.25) is 0 Å². The van der Waals surface area contributed by atoms with Crippen LogP contribution in [0.3, 0.4) is 0 Å². The Morgan fingerprint density at radius 1 is 1.35 bits per heavy atom. The number of hydrogen-bond acceptors (Lipinski definition) is 4. The minimum atomic E-state index is 0.389. The van der Waals surface area contributed by atoms with Crippen LogP contribution in [-0.4, -0.2) is 45.7 Å². The smallest absolute Gasteiger partial charge is 0.157 e. The van der Waals surface area contributed by atoms with Crippen molar-refractivity contribution >= 4 is 27.4 Å². The molecule has 1 aliphatic heterocycles. The number of fused-ring (bicyclic) bond motifs is 1. The lowest BCUT2D eigenvalue weighted by Gasteiger charge is -2.33. The lowest BCUT2D eigenvalue weighted by atomic mass is 10.1. The average Bonchev–Trinajstić information content (AvgIpc) is 2.93. The van der Waals surface area contributed by atoms with Gasteiger partial charge in [-0.05, 0) is 37.5 Å². The van der Waals surface area contributed by atoms with Crippen molar-refractivity contribution in [2.75, 3.05) is 29.9 Å². The van der Waals surface area contributed by atoms with E-state index in [0.717, 1.165) is 49.3 Å². The number of rotatable bonds is 4. The molecule has 6 heteroatoms. The molecule has 0 unspecified atom stereocenters. The number of halogens is 1. The molecule has 0 aliphatic carbocycles. The fourth-order valence-electron chi connectivity index (χ4n) is 2.72. The van der Waals surface area contributed by atoms with E-state index in [-0.39, 0.29) is 0 Å². The molecule has 3 heterocycles. The minimum Gasteiger partial charge on any atom is -0.377 e. The van der Waals surface area contributed by atoms with Gasteiger partial charge in [0.25, 0.3) is 0 Å². The Kier molecular flexibility index (Phi) is 4.21. The van der Waals surface area contributed by atoms with E-state index in [1.54, 1.807) is 6.33 Å². The van der Waals surface area contributed by atoms with Crippen LogP contribution in [0.25, 0.3) is 5.65 Å². The summed E-state index contributed by atoms with van der Waals surface area (Å²) in [6.07, 6.45) is 4.14. The number of aromatic nitrogens is 3. The molecule has 108 valence electrons. The highest BCUT2D eigenvalue weighted by Crippen LogP contribution is 2.23. The number of alkyl halides is 1. The molecule has 0 amide bonds. The summed E-state index contributed by atoms with van der Waals surface area (Å²) in [5.41, 5.74) is 2.14. The molecular formula is C14H19BrN4O. The first-order chi connectivity index (χ1) is 9.78. The van der Waals surface area contributed by atoms with Crippen LogP contribution in [0.4, 0.5) is 5.82 Å². The molecule has 0 spiro atoms. The van der Waals surface area contributed by atoms with Gasteiger partial charge in [0, 0.05) is 18.4 Å². The molecular weight excluding hydrogens is 320 g/mol. The van der Waals surface area contributed by atoms with Crippen molar-refractivity contribution in [3.05, 3.63) is 24.0 Å². The van der Waals surface area contributed by atoms with E-state index >= 15 is 0 Å². The molecule has 2 aromatic heterocycles. The summed E-state index contributed by atoms with van der Waals surface area (Å²) in [5.74, 6) is 1.14. The highest BCUT2D eigenvalue weighted by Gasteiger charge is 2.21. The van der Waals surface area contributed by atoms with E-state index < -0.39 is 0 Å². The number of hydrogen-bond donors (Lipinski definition) is 0. The van der Waals surface area contributed by atoms with Crippen LogP contribution < -0.4 is 4.90 Å². The third-order valence-electron chi connectivity index (χ3n) is 3.70. The van der Waals surface area contributed by atoms with Crippen molar-refractivity contribution in [1.82, 2.24) is 14.6 Å². The van der Waals surface area contributed by atoms with Crippen LogP contribution in [0.2, 0.25) is 0 Å². The maximum Gasteiger partial charge on any atom is 0.157 e. The molecule has 0 N–H and O–H groups in total. The number of anilines is 1. The number of nitrogens with zero attached hydrogens (tertiary/aromatic N) is 4. The number of pyridine rings is 1. The van der Waals surface area contributed by atoms with Gasteiger partial charge in [-0.2, -0.15) is 9.61 Å². The maximum atomic E-state index is 5.80. The van der Waals surface area contributed by atoms with Crippen molar-refractivity contribution in [3.63, 3.8) is 0 Å². The molecule has 0 saturated carbocycles. The van der Waals surface area contributed by atoms with Crippen molar-refractivity contribution in [2.45, 2.75) is 25.9 Å². The third-order valence-corrected chi connectivity index (χ3v) is 4.03. The molecule has 0 atom stereocenters. The summed E-state index contributed by atoms with van der Waals surface area (Å²) >= 11 is 3.40. The fraction of sp³-hybridized carbons (Fsp3) is 0.571. The van der Waals surface area contributed by atoms with Crippen molar-refractivity contribution in [1.29, 1.82) is 0 Å². The van der Waals surface area contributed by atoms with E-state index in [0.29, 0.717) is 6.10 Å². The van der Waals surface area contributed by atoms with Gasteiger partial charge in [0.15, 0.2) is 5.65 Å². The standard InChI is InChI=1S/C14H19BrN4O/c1-11-8-13-16-10-17-19(13)14(9-11)18-5-2-12(3-6-18)20-7-4-15/h8-10,12H,2-7H2,1H3. The van der Waals surface area contributed by atoms with E-state index in [2.05, 4.69) is 50.0 Å². The molecule has 0 aromatic carbocycles. The van der Waals surface area contributed by atoms with Gasteiger partial charge in [0.2, 0.25) is 0 Å². The van der Waals surface area contributed by atoms with Crippen LogP contribution in [0.5, 0.6) is 0 Å². The number of ether oxygens (including phenoxy) is 1. The van der Waals surface area contributed by atoms with Crippen LogP contribution in [0, 0.1) is 6.92 Å². The summed E-state index contributed by atoms with van der Waals surface area (Å²) < 4.78 is 7.73. The van der Waals surface area contributed by atoms with Crippen molar-refractivity contribution in [2.24, 2.45) is 0 Å². The van der Waals surface area contributed by atoms with Gasteiger partial charge >= 0.3 is 0 Å². The number of piperidine rings is 1. The molecule has 1 fully saturated rings. The molecule has 0 radical (unpaired) electrons. The highest BCUT2D eigenvalue weighted by molar-refractivity contribution is 9.09. The highest BCUT2D eigenvalue weighted by atomic mass is 79.9. The zero-order valence-electron chi connectivity index (χ0n) is 11.6. The Bertz CT molecular complexity index is 578. The van der Waals surface area contributed by atoms with Crippen LogP contribution in [0.15, 0.2) is 18.5 Å². The lowest BCUT2D eigenvalue weighted by molar-refractivity contribution is 0.0479. The third kappa shape index (κ3) is 2.81. The van der Waals surface area contributed by atoms with Gasteiger partial charge in [0.05, 0.1) is 12.7 Å². The Labute approximate surface area is 127 Å². The second-order valence-corrected chi connectivity index (χ2v) is 5.96. The average molecular weight is 339 g/mol. The van der Waals surface area contributed by atoms with Crippen LogP contribution in [-0.2, 0) is 4.74 Å². The van der Waals surface area contributed by atoms with E-state index in [4.69, 9.17) is 4.74 Å². The first-order valence-corrected chi connectivity index (χ1v) is 8.13. The first-order valence-electron chi connectivity index (χ1n) is 7.01. The van der Waals surface area contributed by atoms with Crippen molar-refractivity contribution < 1.29 is 4.74 Å². The largest absolute Gasteiger partial charge is 0.377 e. The predicted octanol–water partition coefficient (Wildman–Crippen LogP) is 2.42. The zero-order chi connectivity index (χ0) is 13.9. The Balaban J connectivity index is 1.75. The molecule has 0 bridgehead atoms. The predicted molar refractivity (Wildman–Crippen MR) is 82.7 cm³/mol. The summed E-state index contributed by atoms with van der Waals surface area (Å²) in [7, 11) is 0. The quantitative estimate of drug-likeness (QED) is 0.803. The van der Waals surface area contributed by atoms with Gasteiger partial charge in [0.1, 0.15) is 12.1 Å². The van der Waals surface area contributed by atoms with Gasteiger partial charge in [-0.15, -0.1) is 0 Å². The van der Waals surface area contributed by atoms with Gasteiger partial charge in [-0.1, -0.05) is 15.9 Å². The molecule has 20 heavy (non-hydrogen) atoms. The molecule has 5 nitrogen and oxygen atoms in total. The number of aryl methyl sites for hydroxylation is 1. The first kappa shape index (κ1) is 13.8. The van der Waals surface area contributed by atoms with Gasteiger partial charge < -0.3 is 9.64 Å². The Morgan fingerprint density at radius 2 is 2.15 bits per heavy atom. The summed E-state index contributed by atoms with van der Waals surface area (Å²) in [6.45, 7) is 4.91. The minimum absolute atomic E-state index is 0.389. The van der Waals surface area contributed by atoms with E-state index in [9.17, 15) is 0 Å². The summed E-state index contributed by atoms with van der Waals surface area (Å²) in [5, 5.41) is 5.24. The summed E-state index contributed by atoms with van der Waals surface area (Å²) in [4.78, 5) is 6.66. The van der Waals surface area contributed by atoms with Crippen LogP contribution in [0.1, 0.15) is 18.4 Å². The van der Waals surface area contributed by atoms with Gasteiger partial charge in [-0.25, -0.2) is 4.98 Å². The zero-order valence-corrected chi connectivity index (χ0v) is 13.2. The van der Waals surface area contributed by atoms with Crippen LogP contribution >= 0.6 is 15.9 Å². The summed E-state index contributed by atoms with van der Waals surface area (Å²) in [6, 6.07) is 4.24. The second kappa shape index (κ2) is 6.10. The normalized spacial score (nSPS) is 17.0. The lowest BCUT2D eigenvalue weighted by Crippen LogP contribution is -2.38. The Morgan fingerprint density at radius 3 is 2.90 bits per heavy atom. The molecule has 1 saturated heterocycles. The van der Waals surface area contributed by atoms with Crippen molar-refractivity contribution in [3.8, 4) is 0 Å². The fourth-order valence-corrected chi connectivity index (χ4v) is 2.91. The Hall–Kier alpha value is -1.14.